The Labute approximate surface area is 154 Å². The Balaban J connectivity index is 1.70. The predicted molar refractivity (Wildman–Crippen MR) is 101 cm³/mol. The molecule has 26 heavy (non-hydrogen) atoms. The zero-order valence-corrected chi connectivity index (χ0v) is 15.8. The summed E-state index contributed by atoms with van der Waals surface area (Å²) in [6.45, 7) is 4.78. The van der Waals surface area contributed by atoms with Gasteiger partial charge in [0.2, 0.25) is 15.9 Å². The number of ether oxygens (including phenoxy) is 1. The third kappa shape index (κ3) is 6.16. The van der Waals surface area contributed by atoms with E-state index in [0.717, 1.165) is 16.9 Å². The molecule has 6 nitrogen and oxygen atoms in total. The number of primary sulfonamides is 1. The van der Waals surface area contributed by atoms with Crippen LogP contribution in [0, 0.1) is 13.8 Å². The van der Waals surface area contributed by atoms with Crippen molar-refractivity contribution in [3.8, 4) is 5.75 Å². The summed E-state index contributed by atoms with van der Waals surface area (Å²) < 4.78 is 28.0. The first-order chi connectivity index (χ1) is 12.3. The molecule has 140 valence electrons. The number of amides is 1. The number of nitrogens with two attached hydrogens (primary N) is 1. The fraction of sp³-hybridized carbons (Fsp3) is 0.316. The Hall–Kier alpha value is -2.38. The lowest BCUT2D eigenvalue weighted by Gasteiger charge is -2.10. The van der Waals surface area contributed by atoms with Crippen LogP contribution >= 0.6 is 0 Å². The van der Waals surface area contributed by atoms with Gasteiger partial charge in [-0.1, -0.05) is 29.8 Å². The van der Waals surface area contributed by atoms with E-state index in [-0.39, 0.29) is 17.2 Å². The van der Waals surface area contributed by atoms with Crippen molar-refractivity contribution in [3.05, 3.63) is 59.2 Å². The molecule has 0 saturated carbocycles. The lowest BCUT2D eigenvalue weighted by Crippen LogP contribution is -2.27. The minimum atomic E-state index is -3.68. The SMILES string of the molecule is Cc1ccc(OCCC(=O)NCCc2ccc(S(N)(=O)=O)cc2)c(C)c1. The minimum Gasteiger partial charge on any atom is -0.493 e. The molecule has 0 aromatic heterocycles. The van der Waals surface area contributed by atoms with Crippen molar-refractivity contribution in [2.75, 3.05) is 13.2 Å². The molecule has 0 aliphatic carbocycles. The molecule has 0 aliphatic heterocycles. The molecule has 0 aliphatic rings. The number of hydrogen-bond acceptors (Lipinski definition) is 4. The van der Waals surface area contributed by atoms with Gasteiger partial charge in [0.1, 0.15) is 5.75 Å². The number of rotatable bonds is 8. The van der Waals surface area contributed by atoms with E-state index < -0.39 is 10.0 Å². The van der Waals surface area contributed by atoms with Crippen LogP contribution in [0.4, 0.5) is 0 Å². The molecule has 0 spiro atoms. The fourth-order valence-corrected chi connectivity index (χ4v) is 3.01. The molecule has 7 heteroatoms. The largest absolute Gasteiger partial charge is 0.493 e. The van der Waals surface area contributed by atoms with Crippen LogP contribution < -0.4 is 15.2 Å². The quantitative estimate of drug-likeness (QED) is 0.737. The van der Waals surface area contributed by atoms with Crippen LogP contribution in [0.2, 0.25) is 0 Å². The van der Waals surface area contributed by atoms with Crippen molar-refractivity contribution in [1.29, 1.82) is 0 Å². The number of carbonyl (C=O) groups excluding carboxylic acids is 1. The first-order valence-corrected chi connectivity index (χ1v) is 9.89. The molecule has 0 unspecified atom stereocenters. The number of hydrogen-bond donors (Lipinski definition) is 2. The second kappa shape index (κ2) is 8.82. The van der Waals surface area contributed by atoms with E-state index >= 15 is 0 Å². The summed E-state index contributed by atoms with van der Waals surface area (Å²) in [6, 6.07) is 12.2. The highest BCUT2D eigenvalue weighted by molar-refractivity contribution is 7.89. The molecule has 0 atom stereocenters. The third-order valence-electron chi connectivity index (χ3n) is 3.90. The summed E-state index contributed by atoms with van der Waals surface area (Å²) in [6.07, 6.45) is 0.881. The Bertz CT molecular complexity index is 862. The van der Waals surface area contributed by atoms with Gasteiger partial charge < -0.3 is 10.1 Å². The first-order valence-electron chi connectivity index (χ1n) is 8.34. The number of carbonyl (C=O) groups is 1. The molecule has 1 amide bonds. The second-order valence-corrected chi connectivity index (χ2v) is 7.72. The van der Waals surface area contributed by atoms with Gasteiger partial charge in [-0.05, 0) is 49.6 Å². The van der Waals surface area contributed by atoms with Crippen LogP contribution in [0.3, 0.4) is 0 Å². The van der Waals surface area contributed by atoms with Crippen LogP contribution in [0.25, 0.3) is 0 Å². The number of aryl methyl sites for hydroxylation is 2. The zero-order chi connectivity index (χ0) is 19.2. The summed E-state index contributed by atoms with van der Waals surface area (Å²) in [5.74, 6) is 0.703. The second-order valence-electron chi connectivity index (χ2n) is 6.16. The maximum atomic E-state index is 11.9. The van der Waals surface area contributed by atoms with Gasteiger partial charge in [0.25, 0.3) is 0 Å². The van der Waals surface area contributed by atoms with Gasteiger partial charge in [-0.2, -0.15) is 0 Å². The molecular formula is C19H24N2O4S. The topological polar surface area (TPSA) is 98.5 Å². The molecule has 2 aromatic carbocycles. The van der Waals surface area contributed by atoms with Gasteiger partial charge >= 0.3 is 0 Å². The Kier molecular flexibility index (Phi) is 6.76. The summed E-state index contributed by atoms with van der Waals surface area (Å²) in [5.41, 5.74) is 3.14. The summed E-state index contributed by atoms with van der Waals surface area (Å²) in [4.78, 5) is 11.9. The van der Waals surface area contributed by atoms with E-state index in [1.807, 2.05) is 32.0 Å². The lowest BCUT2D eigenvalue weighted by molar-refractivity contribution is -0.121. The standard InChI is InChI=1S/C19H24N2O4S/c1-14-3-8-18(15(2)13-14)25-12-10-19(22)21-11-9-16-4-6-17(7-5-16)26(20,23)24/h3-8,13H,9-12H2,1-2H3,(H,21,22)(H2,20,23,24). The van der Waals surface area contributed by atoms with Crippen LogP contribution in [0.5, 0.6) is 5.75 Å². The third-order valence-corrected chi connectivity index (χ3v) is 4.83. The Morgan fingerprint density at radius 2 is 1.81 bits per heavy atom. The molecule has 2 aromatic rings. The Morgan fingerprint density at radius 3 is 2.42 bits per heavy atom. The molecule has 0 saturated heterocycles. The molecule has 0 heterocycles. The van der Waals surface area contributed by atoms with Crippen molar-refractivity contribution in [2.45, 2.75) is 31.6 Å². The highest BCUT2D eigenvalue weighted by Crippen LogP contribution is 2.18. The monoisotopic (exact) mass is 376 g/mol. The predicted octanol–water partition coefficient (Wildman–Crippen LogP) is 2.08. The van der Waals surface area contributed by atoms with Crippen molar-refractivity contribution < 1.29 is 17.9 Å². The fourth-order valence-electron chi connectivity index (χ4n) is 2.50. The number of benzene rings is 2. The van der Waals surface area contributed by atoms with Crippen LogP contribution in [-0.2, 0) is 21.2 Å². The zero-order valence-electron chi connectivity index (χ0n) is 15.0. The summed E-state index contributed by atoms with van der Waals surface area (Å²) in [5, 5.41) is 7.88. The van der Waals surface area contributed by atoms with E-state index in [9.17, 15) is 13.2 Å². The van der Waals surface area contributed by atoms with E-state index in [2.05, 4.69) is 5.32 Å². The van der Waals surface area contributed by atoms with Crippen molar-refractivity contribution in [1.82, 2.24) is 5.32 Å². The lowest BCUT2D eigenvalue weighted by atomic mass is 10.1. The highest BCUT2D eigenvalue weighted by atomic mass is 32.2. The maximum Gasteiger partial charge on any atom is 0.238 e. The van der Waals surface area contributed by atoms with Crippen molar-refractivity contribution in [2.24, 2.45) is 5.14 Å². The van der Waals surface area contributed by atoms with E-state index in [1.165, 1.54) is 17.7 Å². The number of sulfonamides is 1. The first kappa shape index (κ1) is 19.9. The summed E-state index contributed by atoms with van der Waals surface area (Å²) >= 11 is 0. The minimum absolute atomic E-state index is 0.0776. The van der Waals surface area contributed by atoms with E-state index in [1.54, 1.807) is 12.1 Å². The van der Waals surface area contributed by atoms with Gasteiger partial charge in [0.15, 0.2) is 0 Å². The molecular weight excluding hydrogens is 352 g/mol. The van der Waals surface area contributed by atoms with Crippen molar-refractivity contribution in [3.63, 3.8) is 0 Å². The maximum absolute atomic E-state index is 11.9. The normalized spacial score (nSPS) is 11.2. The number of nitrogens with one attached hydrogen (secondary N) is 1. The highest BCUT2D eigenvalue weighted by Gasteiger charge is 2.07. The van der Waals surface area contributed by atoms with Crippen molar-refractivity contribution >= 4 is 15.9 Å². The van der Waals surface area contributed by atoms with Gasteiger partial charge in [-0.25, -0.2) is 13.6 Å². The average Bonchev–Trinajstić information content (AvgIpc) is 2.56. The Morgan fingerprint density at radius 1 is 1.12 bits per heavy atom. The molecule has 2 rings (SSSR count). The van der Waals surface area contributed by atoms with Gasteiger partial charge in [-0.3, -0.25) is 4.79 Å². The molecule has 0 fully saturated rings. The van der Waals surface area contributed by atoms with Gasteiger partial charge in [0.05, 0.1) is 17.9 Å². The van der Waals surface area contributed by atoms with Crippen LogP contribution in [0.1, 0.15) is 23.1 Å². The molecule has 0 radical (unpaired) electrons. The van der Waals surface area contributed by atoms with E-state index in [4.69, 9.17) is 9.88 Å². The molecule has 3 N–H and O–H groups in total. The smallest absolute Gasteiger partial charge is 0.238 e. The van der Waals surface area contributed by atoms with Gasteiger partial charge in [0, 0.05) is 6.54 Å². The average molecular weight is 376 g/mol. The van der Waals surface area contributed by atoms with Gasteiger partial charge in [-0.15, -0.1) is 0 Å². The molecule has 0 bridgehead atoms. The van der Waals surface area contributed by atoms with Crippen LogP contribution in [0.15, 0.2) is 47.4 Å². The summed E-state index contributed by atoms with van der Waals surface area (Å²) in [7, 11) is -3.68. The van der Waals surface area contributed by atoms with E-state index in [0.29, 0.717) is 19.6 Å². The van der Waals surface area contributed by atoms with Crippen LogP contribution in [-0.4, -0.2) is 27.5 Å².